The Morgan fingerprint density at radius 3 is 2.53 bits per heavy atom. The lowest BCUT2D eigenvalue weighted by molar-refractivity contribution is -0.117. The number of unbranched alkanes of at least 4 members (excludes halogenated alkanes) is 1. The van der Waals surface area contributed by atoms with Crippen LogP contribution in [0.1, 0.15) is 67.2 Å². The van der Waals surface area contributed by atoms with Crippen LogP contribution in [0.3, 0.4) is 0 Å². The minimum atomic E-state index is 0.0116. The first-order chi connectivity index (χ1) is 15.1. The first-order valence-electron chi connectivity index (χ1n) is 12.5. The molecule has 0 amide bonds. The second kappa shape index (κ2) is 12.5. The summed E-state index contributed by atoms with van der Waals surface area (Å²) in [7, 11) is 2.19. The van der Waals surface area contributed by atoms with E-state index in [0.717, 1.165) is 81.1 Å². The van der Waals surface area contributed by atoms with E-state index in [9.17, 15) is 4.79 Å². The molecule has 0 spiro atoms. The van der Waals surface area contributed by atoms with Crippen molar-refractivity contribution in [2.24, 2.45) is 10.4 Å². The third-order valence-corrected chi connectivity index (χ3v) is 6.39. The fraction of sp³-hybridized carbons (Fsp3) is 0.704. The molecule has 1 fully saturated rings. The van der Waals surface area contributed by atoms with Crippen LogP contribution in [-0.4, -0.2) is 73.7 Å². The summed E-state index contributed by atoms with van der Waals surface area (Å²) in [5.74, 6) is 0.206. The average Bonchev–Trinajstić information content (AvgIpc) is 2.73. The molecule has 0 bridgehead atoms. The molecule has 0 saturated carbocycles. The number of hydrogen-bond donors (Lipinski definition) is 1. The molecule has 1 heterocycles. The topological polar surface area (TPSA) is 47.9 Å². The van der Waals surface area contributed by atoms with E-state index in [1.807, 2.05) is 12.2 Å². The molecular weight excluding hydrogens is 396 g/mol. The predicted octanol–water partition coefficient (Wildman–Crippen LogP) is 4.62. The minimum Gasteiger partial charge on any atom is -0.387 e. The molecule has 5 nitrogen and oxygen atoms in total. The molecule has 1 aliphatic heterocycles. The van der Waals surface area contributed by atoms with Gasteiger partial charge in [0.1, 0.15) is 0 Å². The van der Waals surface area contributed by atoms with Gasteiger partial charge in [0.25, 0.3) is 0 Å². The highest BCUT2D eigenvalue weighted by molar-refractivity contribution is 6.30. The number of hydrogen-bond acceptors (Lipinski definition) is 5. The van der Waals surface area contributed by atoms with Crippen LogP contribution >= 0.6 is 0 Å². The quantitative estimate of drug-likeness (QED) is 0.507. The van der Waals surface area contributed by atoms with E-state index in [2.05, 4.69) is 69.8 Å². The van der Waals surface area contributed by atoms with Crippen molar-refractivity contribution in [1.82, 2.24) is 15.1 Å². The summed E-state index contributed by atoms with van der Waals surface area (Å²) in [6.07, 6.45) is 10.0. The fourth-order valence-electron chi connectivity index (χ4n) is 4.31. The van der Waals surface area contributed by atoms with E-state index in [1.165, 1.54) is 0 Å². The van der Waals surface area contributed by atoms with Gasteiger partial charge >= 0.3 is 0 Å². The number of nitrogens with zero attached hydrogens (tertiary/aromatic N) is 3. The number of ketones is 1. The maximum atomic E-state index is 13.3. The van der Waals surface area contributed by atoms with Gasteiger partial charge in [0, 0.05) is 68.6 Å². The van der Waals surface area contributed by atoms with Crippen molar-refractivity contribution < 1.29 is 4.79 Å². The molecule has 1 aliphatic carbocycles. The summed E-state index contributed by atoms with van der Waals surface area (Å²) in [5, 5.41) is 3.60. The van der Waals surface area contributed by atoms with Gasteiger partial charge in [0.05, 0.1) is 5.71 Å². The Hall–Kier alpha value is -1.72. The van der Waals surface area contributed by atoms with Crippen molar-refractivity contribution in [3.8, 4) is 0 Å². The molecule has 2 aliphatic rings. The third kappa shape index (κ3) is 8.32. The Labute approximate surface area is 196 Å². The average molecular weight is 443 g/mol. The molecule has 0 aromatic heterocycles. The van der Waals surface area contributed by atoms with Gasteiger partial charge in [0.15, 0.2) is 5.78 Å². The van der Waals surface area contributed by atoms with Crippen LogP contribution in [0.15, 0.2) is 40.1 Å². The lowest BCUT2D eigenvalue weighted by Crippen LogP contribution is -2.46. The fourth-order valence-corrected chi connectivity index (χ4v) is 4.31. The van der Waals surface area contributed by atoms with Crippen LogP contribution in [0.25, 0.3) is 0 Å². The van der Waals surface area contributed by atoms with Gasteiger partial charge in [-0.2, -0.15) is 0 Å². The van der Waals surface area contributed by atoms with Gasteiger partial charge in [-0.25, -0.2) is 0 Å². The van der Waals surface area contributed by atoms with E-state index in [0.29, 0.717) is 6.42 Å². The van der Waals surface area contributed by atoms with E-state index < -0.39 is 0 Å². The summed E-state index contributed by atoms with van der Waals surface area (Å²) < 4.78 is 0. The zero-order valence-electron chi connectivity index (χ0n) is 21.6. The first kappa shape index (κ1) is 26.5. The largest absolute Gasteiger partial charge is 0.387 e. The summed E-state index contributed by atoms with van der Waals surface area (Å²) in [6.45, 7) is 19.4. The van der Waals surface area contributed by atoms with Crippen molar-refractivity contribution in [1.29, 1.82) is 0 Å². The van der Waals surface area contributed by atoms with E-state index in [4.69, 9.17) is 4.99 Å². The normalized spacial score (nSPS) is 21.2. The van der Waals surface area contributed by atoms with Crippen LogP contribution in [0, 0.1) is 5.41 Å². The Morgan fingerprint density at radius 2 is 1.91 bits per heavy atom. The minimum absolute atomic E-state index is 0.0116. The number of carbonyl (C=O) groups excluding carboxylic acids is 1. The molecular formula is C27H46N4O. The summed E-state index contributed by atoms with van der Waals surface area (Å²) >= 11 is 0. The van der Waals surface area contributed by atoms with Gasteiger partial charge in [-0.15, -0.1) is 0 Å². The molecule has 2 rings (SSSR count). The van der Waals surface area contributed by atoms with Crippen molar-refractivity contribution in [2.75, 3.05) is 46.3 Å². The van der Waals surface area contributed by atoms with Crippen LogP contribution in [0.2, 0.25) is 0 Å². The maximum absolute atomic E-state index is 13.3. The van der Waals surface area contributed by atoms with Crippen LogP contribution in [-0.2, 0) is 4.79 Å². The lowest BCUT2D eigenvalue weighted by Gasteiger charge is -2.32. The van der Waals surface area contributed by atoms with Gasteiger partial charge in [0.2, 0.25) is 0 Å². The van der Waals surface area contributed by atoms with Crippen molar-refractivity contribution in [3.63, 3.8) is 0 Å². The number of piperazine rings is 1. The van der Waals surface area contributed by atoms with Gasteiger partial charge in [-0.3, -0.25) is 14.7 Å². The highest BCUT2D eigenvalue weighted by Crippen LogP contribution is 2.31. The second-order valence-electron chi connectivity index (χ2n) is 10.5. The van der Waals surface area contributed by atoms with Crippen LogP contribution < -0.4 is 5.32 Å². The molecule has 5 heteroatoms. The summed E-state index contributed by atoms with van der Waals surface area (Å²) in [5.41, 5.74) is 3.77. The third-order valence-electron chi connectivity index (χ3n) is 6.39. The second-order valence-corrected chi connectivity index (χ2v) is 10.5. The highest BCUT2D eigenvalue weighted by Gasteiger charge is 2.28. The molecule has 32 heavy (non-hydrogen) atoms. The Balaban J connectivity index is 2.11. The lowest BCUT2D eigenvalue weighted by atomic mass is 9.79. The molecule has 1 saturated heterocycles. The number of aliphatic imine (C=N–C) groups is 1. The number of nitrogens with one attached hydrogen (secondary N) is 1. The van der Waals surface area contributed by atoms with E-state index in [-0.39, 0.29) is 17.2 Å². The molecule has 0 unspecified atom stereocenters. The summed E-state index contributed by atoms with van der Waals surface area (Å²) in [6, 6.07) is 0.133. The Kier molecular flexibility index (Phi) is 10.4. The highest BCUT2D eigenvalue weighted by atomic mass is 16.1. The SMILES string of the molecule is CCCCC(C)(C)CC(=O)C1=CC=CC(=C(/C)NCCN2CCN(C)CC2)/C1=N\C(C)C. The number of rotatable bonds is 11. The van der Waals surface area contributed by atoms with Crippen molar-refractivity contribution in [2.45, 2.75) is 73.3 Å². The molecule has 0 radical (unpaired) electrons. The molecule has 0 aromatic rings. The number of likely N-dealkylation sites (N-methyl/N-ethyl adjacent to an activating group) is 1. The van der Waals surface area contributed by atoms with E-state index in [1.54, 1.807) is 0 Å². The molecule has 180 valence electrons. The van der Waals surface area contributed by atoms with Crippen LogP contribution in [0.5, 0.6) is 0 Å². The first-order valence-corrected chi connectivity index (χ1v) is 12.5. The Bertz CT molecular complexity index is 750. The number of allylic oxidation sites excluding steroid dienone is 6. The number of carbonyl (C=O) groups is 1. The van der Waals surface area contributed by atoms with E-state index >= 15 is 0 Å². The molecule has 0 aromatic carbocycles. The van der Waals surface area contributed by atoms with Gasteiger partial charge < -0.3 is 10.2 Å². The smallest absolute Gasteiger partial charge is 0.165 e. The Morgan fingerprint density at radius 1 is 1.22 bits per heavy atom. The van der Waals surface area contributed by atoms with Gasteiger partial charge in [-0.1, -0.05) is 45.8 Å². The van der Waals surface area contributed by atoms with Crippen molar-refractivity contribution >= 4 is 11.5 Å². The standard InChI is InChI=1S/C27H46N4O/c1-8-9-13-27(5,6)20-25(32)24-12-10-11-23(26(24)29-21(2)3)22(4)28-14-15-31-18-16-30(7)17-19-31/h10-12,21,28H,8-9,13-20H2,1-7H3/b23-22+,29-26+. The maximum Gasteiger partial charge on any atom is 0.165 e. The zero-order valence-corrected chi connectivity index (χ0v) is 21.6. The number of Topliss-reactive ketones (excluding diaryl/α,β-unsaturated/α-hetero) is 1. The molecule has 1 N–H and O–H groups in total. The monoisotopic (exact) mass is 442 g/mol. The van der Waals surface area contributed by atoms with Crippen molar-refractivity contribution in [3.05, 3.63) is 35.1 Å². The zero-order chi connectivity index (χ0) is 23.7. The molecule has 0 atom stereocenters. The predicted molar refractivity (Wildman–Crippen MR) is 137 cm³/mol. The summed E-state index contributed by atoms with van der Waals surface area (Å²) in [4.78, 5) is 23.1. The van der Waals surface area contributed by atoms with Gasteiger partial charge in [-0.05, 0) is 45.7 Å². The van der Waals surface area contributed by atoms with Crippen LogP contribution in [0.4, 0.5) is 0 Å².